The van der Waals surface area contributed by atoms with Crippen LogP contribution < -0.4 is 4.31 Å². The first-order valence-electron chi connectivity index (χ1n) is 10.9. The van der Waals surface area contributed by atoms with Crippen LogP contribution >= 0.6 is 0 Å². The topological polar surface area (TPSA) is 108 Å². The van der Waals surface area contributed by atoms with Crippen LogP contribution in [-0.4, -0.2) is 43.2 Å². The van der Waals surface area contributed by atoms with Gasteiger partial charge in [0, 0.05) is 12.5 Å². The van der Waals surface area contributed by atoms with Gasteiger partial charge in [-0.3, -0.25) is 4.79 Å². The van der Waals surface area contributed by atoms with Crippen molar-refractivity contribution in [2.75, 3.05) is 10.8 Å². The third-order valence-corrected chi connectivity index (χ3v) is 8.88. The van der Waals surface area contributed by atoms with Crippen LogP contribution in [0.5, 0.6) is 0 Å². The van der Waals surface area contributed by atoms with Crippen LogP contribution in [0.4, 0.5) is 23.7 Å². The Hall–Kier alpha value is -3.85. The van der Waals surface area contributed by atoms with E-state index in [0.717, 1.165) is 17.7 Å². The minimum atomic E-state index is -4.93. The molecule has 3 aliphatic heterocycles. The molecule has 12 heteroatoms. The third kappa shape index (κ3) is 3.71. The van der Waals surface area contributed by atoms with E-state index in [0.29, 0.717) is 10.4 Å². The number of amides is 2. The van der Waals surface area contributed by atoms with E-state index in [1.807, 2.05) is 6.07 Å². The van der Waals surface area contributed by atoms with E-state index in [2.05, 4.69) is 0 Å². The number of carbonyl (C=O) groups excluding carboxylic acids is 2. The minimum absolute atomic E-state index is 0.0164. The van der Waals surface area contributed by atoms with Crippen molar-refractivity contribution in [2.24, 2.45) is 11.8 Å². The molecule has 0 spiro atoms. The van der Waals surface area contributed by atoms with Gasteiger partial charge in [-0.2, -0.15) is 18.4 Å². The molecule has 4 aliphatic rings. The van der Waals surface area contributed by atoms with Gasteiger partial charge in [0.2, 0.25) is 15.9 Å². The Labute approximate surface area is 204 Å². The van der Waals surface area contributed by atoms with Gasteiger partial charge in [-0.05, 0) is 23.8 Å². The highest BCUT2D eigenvalue weighted by Crippen LogP contribution is 2.47. The molecule has 2 bridgehead atoms. The number of piperidine rings is 1. The summed E-state index contributed by atoms with van der Waals surface area (Å²) in [5.41, 5.74) is -1.79. The highest BCUT2D eigenvalue weighted by atomic mass is 32.2. The molecule has 0 aromatic heterocycles. The molecule has 2 saturated heterocycles. The number of halogens is 3. The number of nitrogens with zero attached hydrogens (tertiary/aromatic N) is 3. The summed E-state index contributed by atoms with van der Waals surface area (Å²) in [5.74, 6) is -2.88. The molecule has 2 fully saturated rings. The first-order chi connectivity index (χ1) is 17.0. The predicted octanol–water partition coefficient (Wildman–Crippen LogP) is 3.45. The highest BCUT2D eigenvalue weighted by Gasteiger charge is 2.63. The van der Waals surface area contributed by atoms with Crippen LogP contribution in [-0.2, 0) is 32.3 Å². The summed E-state index contributed by atoms with van der Waals surface area (Å²) < 4.78 is 73.0. The van der Waals surface area contributed by atoms with Crippen molar-refractivity contribution in [2.45, 2.75) is 24.1 Å². The number of anilines is 1. The largest absolute Gasteiger partial charge is 0.445 e. The van der Waals surface area contributed by atoms with E-state index in [-0.39, 0.29) is 13.2 Å². The summed E-state index contributed by atoms with van der Waals surface area (Å²) in [6, 6.07) is 11.7. The number of sulfonamides is 1. The quantitative estimate of drug-likeness (QED) is 0.578. The maximum absolute atomic E-state index is 13.5. The fraction of sp³-hybridized carbons (Fsp3) is 0.292. The van der Waals surface area contributed by atoms with Crippen molar-refractivity contribution in [1.29, 1.82) is 5.26 Å². The lowest BCUT2D eigenvalue weighted by Crippen LogP contribution is -2.60. The van der Waals surface area contributed by atoms with Gasteiger partial charge in [-0.25, -0.2) is 17.5 Å². The van der Waals surface area contributed by atoms with E-state index in [9.17, 15) is 31.2 Å². The number of fused-ring (bicyclic) bond motifs is 1. The number of carbonyl (C=O) groups is 2. The molecule has 2 amide bonds. The number of nitriles is 1. The molecule has 2 aromatic carbocycles. The monoisotopic (exact) mass is 517 g/mol. The second-order valence-electron chi connectivity index (χ2n) is 8.71. The smallest absolute Gasteiger partial charge is 0.417 e. The van der Waals surface area contributed by atoms with Crippen molar-refractivity contribution in [1.82, 2.24) is 4.90 Å². The zero-order valence-corrected chi connectivity index (χ0v) is 19.2. The van der Waals surface area contributed by atoms with Crippen molar-refractivity contribution in [3.8, 4) is 6.07 Å². The van der Waals surface area contributed by atoms with E-state index in [1.165, 1.54) is 11.0 Å². The van der Waals surface area contributed by atoms with Gasteiger partial charge in [0.15, 0.2) is 0 Å². The third-order valence-electron chi connectivity index (χ3n) is 6.65. The molecule has 8 nitrogen and oxygen atoms in total. The van der Waals surface area contributed by atoms with Crippen LogP contribution in [0.3, 0.4) is 0 Å². The summed E-state index contributed by atoms with van der Waals surface area (Å²) in [4.78, 5) is 27.5. The Morgan fingerprint density at radius 3 is 2.53 bits per heavy atom. The average Bonchev–Trinajstić information content (AvgIpc) is 3.09. The lowest BCUT2D eigenvalue weighted by atomic mass is 9.77. The SMILES string of the molecule is N#Cc1ccc(N2C(=O)[C@H]3[C@H]([C@H]4C=C[C@@H]3N(C(=O)OCc3ccccc3)C4)S2(=O)=O)cc1C(F)(F)F. The summed E-state index contributed by atoms with van der Waals surface area (Å²) in [7, 11) is -4.40. The minimum Gasteiger partial charge on any atom is -0.445 e. The van der Waals surface area contributed by atoms with Crippen LogP contribution in [0.25, 0.3) is 0 Å². The number of ether oxygens (including phenoxy) is 1. The van der Waals surface area contributed by atoms with E-state index >= 15 is 0 Å². The summed E-state index contributed by atoms with van der Waals surface area (Å²) >= 11 is 0. The molecule has 186 valence electrons. The molecule has 1 aliphatic carbocycles. The van der Waals surface area contributed by atoms with Crippen LogP contribution in [0, 0.1) is 23.2 Å². The maximum Gasteiger partial charge on any atom is 0.417 e. The van der Waals surface area contributed by atoms with Gasteiger partial charge in [-0.15, -0.1) is 0 Å². The molecule has 0 N–H and O–H groups in total. The normalized spacial score (nSPS) is 26.0. The fourth-order valence-electron chi connectivity index (χ4n) is 5.10. The van der Waals surface area contributed by atoms with Crippen molar-refractivity contribution in [3.05, 3.63) is 77.4 Å². The van der Waals surface area contributed by atoms with Gasteiger partial charge in [0.25, 0.3) is 0 Å². The molecule has 0 saturated carbocycles. The predicted molar refractivity (Wildman–Crippen MR) is 120 cm³/mol. The molecule has 0 unspecified atom stereocenters. The molecular formula is C24H18F3N3O5S. The zero-order valence-electron chi connectivity index (χ0n) is 18.4. The number of hydrogen-bond donors (Lipinski definition) is 0. The Kier molecular flexibility index (Phi) is 5.55. The van der Waals surface area contributed by atoms with Crippen molar-refractivity contribution in [3.63, 3.8) is 0 Å². The maximum atomic E-state index is 13.5. The molecule has 0 radical (unpaired) electrons. The Morgan fingerprint density at radius 1 is 1.14 bits per heavy atom. The first kappa shape index (κ1) is 23.9. The second-order valence-corrected chi connectivity index (χ2v) is 10.6. The van der Waals surface area contributed by atoms with Gasteiger partial charge in [-0.1, -0.05) is 42.5 Å². The lowest BCUT2D eigenvalue weighted by molar-refractivity contribution is -0.137. The second kappa shape index (κ2) is 8.37. The molecular weight excluding hydrogens is 499 g/mol. The van der Waals surface area contributed by atoms with Gasteiger partial charge in [0.1, 0.15) is 11.9 Å². The van der Waals surface area contributed by atoms with Gasteiger partial charge in [0.05, 0.1) is 34.8 Å². The average molecular weight is 517 g/mol. The summed E-state index contributed by atoms with van der Waals surface area (Å²) in [6.45, 7) is -0.0350. The highest BCUT2D eigenvalue weighted by molar-refractivity contribution is 7.94. The molecule has 6 rings (SSSR count). The van der Waals surface area contributed by atoms with Crippen LogP contribution in [0.1, 0.15) is 16.7 Å². The number of hydrogen-bond acceptors (Lipinski definition) is 6. The van der Waals surface area contributed by atoms with E-state index < -0.39 is 68.1 Å². The summed E-state index contributed by atoms with van der Waals surface area (Å²) in [5, 5.41) is 7.80. The van der Waals surface area contributed by atoms with Gasteiger partial charge >= 0.3 is 12.3 Å². The van der Waals surface area contributed by atoms with Crippen LogP contribution in [0.2, 0.25) is 0 Å². The molecule has 36 heavy (non-hydrogen) atoms. The molecule has 3 heterocycles. The summed E-state index contributed by atoms with van der Waals surface area (Å²) in [6.07, 6.45) is -2.48. The Bertz CT molecular complexity index is 1420. The Morgan fingerprint density at radius 2 is 1.86 bits per heavy atom. The van der Waals surface area contributed by atoms with Crippen LogP contribution in [0.15, 0.2) is 60.7 Å². The van der Waals surface area contributed by atoms with Gasteiger partial charge < -0.3 is 9.64 Å². The van der Waals surface area contributed by atoms with E-state index in [4.69, 9.17) is 10.00 Å². The lowest BCUT2D eigenvalue weighted by Gasteiger charge is -2.45. The number of benzene rings is 2. The van der Waals surface area contributed by atoms with Crippen molar-refractivity contribution < 1.29 is 35.9 Å². The standard InChI is InChI=1S/C24H18F3N3O5S/c25-24(26,27)18-10-17(8-6-15(18)11-28)30-22(31)20-19-9-7-16(21(20)36(30,33)34)12-29(19)23(32)35-13-14-4-2-1-3-5-14/h1-10,16,19-21H,12-13H2/t16-,19-,20+,21-/m0/s1. The fourth-order valence-corrected chi connectivity index (χ4v) is 7.39. The molecule has 2 aromatic rings. The zero-order chi connectivity index (χ0) is 25.8. The van der Waals surface area contributed by atoms with Crippen molar-refractivity contribution >= 4 is 27.7 Å². The first-order valence-corrected chi connectivity index (χ1v) is 12.4. The number of alkyl halides is 3. The Balaban J connectivity index is 1.45. The molecule has 4 atom stereocenters. The number of rotatable bonds is 3. The van der Waals surface area contributed by atoms with E-state index in [1.54, 1.807) is 36.4 Å².